The molecule has 0 aliphatic rings. The normalized spacial score (nSPS) is 12.9. The summed E-state index contributed by atoms with van der Waals surface area (Å²) in [6, 6.07) is 1.74. The number of rotatable bonds is 5. The number of hydrogen-bond acceptors (Lipinski definition) is 6. The Labute approximate surface area is 136 Å². The second kappa shape index (κ2) is 6.28. The monoisotopic (exact) mass is 334 g/mol. The third-order valence-electron chi connectivity index (χ3n) is 3.53. The molecule has 1 atom stereocenters. The summed E-state index contributed by atoms with van der Waals surface area (Å²) in [6.45, 7) is 6.66. The van der Waals surface area contributed by atoms with Gasteiger partial charge in [-0.05, 0) is 20.3 Å². The van der Waals surface area contributed by atoms with Crippen molar-refractivity contribution in [3.8, 4) is 0 Å². The summed E-state index contributed by atoms with van der Waals surface area (Å²) in [6.07, 6.45) is 0.962. The predicted octanol–water partition coefficient (Wildman–Crippen LogP) is 2.93. The molecule has 7 heteroatoms. The molecule has 0 bridgehead atoms. The van der Waals surface area contributed by atoms with Gasteiger partial charge in [0.2, 0.25) is 0 Å². The molecule has 0 amide bonds. The number of aryl methyl sites for hydroxylation is 2. The maximum absolute atomic E-state index is 12.1. The molecule has 3 aromatic rings. The van der Waals surface area contributed by atoms with Gasteiger partial charge in [0.1, 0.15) is 0 Å². The van der Waals surface area contributed by atoms with Crippen LogP contribution in [0.3, 0.4) is 0 Å². The Hall–Kier alpha value is -1.57. The second-order valence-corrected chi connectivity index (χ2v) is 6.98. The smallest absolute Gasteiger partial charge is 0.259 e. The average Bonchev–Trinajstić information content (AvgIpc) is 3.12. The molecule has 0 aromatic carbocycles. The SMILES string of the molecule is CCc1nc([C@@H](C)NCc2cc(=O)n3c(C)csc3n2)cs1. The van der Waals surface area contributed by atoms with Crippen LogP contribution in [0, 0.1) is 6.92 Å². The summed E-state index contributed by atoms with van der Waals surface area (Å²) in [5, 5.41) is 8.58. The number of fused-ring (bicyclic) bond motifs is 1. The molecule has 0 spiro atoms. The fraction of sp³-hybridized carbons (Fsp3) is 0.400. The third-order valence-corrected chi connectivity index (χ3v) is 5.49. The Morgan fingerprint density at radius 2 is 2.14 bits per heavy atom. The molecule has 0 fully saturated rings. The van der Waals surface area contributed by atoms with Gasteiger partial charge in [-0.1, -0.05) is 6.92 Å². The van der Waals surface area contributed by atoms with Gasteiger partial charge in [0, 0.05) is 35.1 Å². The van der Waals surface area contributed by atoms with E-state index in [1.165, 1.54) is 11.3 Å². The van der Waals surface area contributed by atoms with Crippen molar-refractivity contribution in [2.75, 3.05) is 0 Å². The van der Waals surface area contributed by atoms with Crippen LogP contribution in [0.5, 0.6) is 0 Å². The predicted molar refractivity (Wildman–Crippen MR) is 90.8 cm³/mol. The zero-order valence-corrected chi connectivity index (χ0v) is 14.4. The lowest BCUT2D eigenvalue weighted by Crippen LogP contribution is -2.22. The van der Waals surface area contributed by atoms with E-state index >= 15 is 0 Å². The van der Waals surface area contributed by atoms with Crippen molar-refractivity contribution in [3.05, 3.63) is 49.3 Å². The standard InChI is InChI=1S/C15H18N4OS2/c1-4-13-18-12(8-21-13)10(3)16-6-11-5-14(20)19-9(2)7-22-15(19)17-11/h5,7-8,10,16H,4,6H2,1-3H3/t10-/m1/s1. The van der Waals surface area contributed by atoms with Gasteiger partial charge in [0.05, 0.1) is 16.4 Å². The van der Waals surface area contributed by atoms with Gasteiger partial charge in [-0.2, -0.15) is 0 Å². The maximum Gasteiger partial charge on any atom is 0.259 e. The summed E-state index contributed by atoms with van der Waals surface area (Å²) < 4.78 is 1.64. The van der Waals surface area contributed by atoms with Crippen LogP contribution in [-0.2, 0) is 13.0 Å². The minimum absolute atomic E-state index is 0.0184. The van der Waals surface area contributed by atoms with Gasteiger partial charge in [-0.3, -0.25) is 9.20 Å². The molecule has 3 heterocycles. The molecule has 3 aromatic heterocycles. The van der Waals surface area contributed by atoms with Gasteiger partial charge >= 0.3 is 0 Å². The minimum Gasteiger partial charge on any atom is -0.303 e. The molecule has 0 aliphatic carbocycles. The zero-order chi connectivity index (χ0) is 15.7. The number of nitrogens with one attached hydrogen (secondary N) is 1. The quantitative estimate of drug-likeness (QED) is 0.779. The molecule has 22 heavy (non-hydrogen) atoms. The Morgan fingerprint density at radius 3 is 2.86 bits per heavy atom. The second-order valence-electron chi connectivity index (χ2n) is 5.20. The molecular formula is C15H18N4OS2. The Morgan fingerprint density at radius 1 is 1.32 bits per heavy atom. The van der Waals surface area contributed by atoms with Crippen LogP contribution < -0.4 is 10.9 Å². The van der Waals surface area contributed by atoms with E-state index in [-0.39, 0.29) is 11.6 Å². The van der Waals surface area contributed by atoms with E-state index in [0.717, 1.165) is 33.5 Å². The summed E-state index contributed by atoms with van der Waals surface area (Å²) in [4.78, 5) is 22.0. The molecule has 0 aliphatic heterocycles. The molecule has 0 unspecified atom stereocenters. The van der Waals surface area contributed by atoms with Crippen molar-refractivity contribution in [3.63, 3.8) is 0 Å². The van der Waals surface area contributed by atoms with E-state index in [2.05, 4.69) is 34.5 Å². The first-order valence-corrected chi connectivity index (χ1v) is 8.99. The summed E-state index contributed by atoms with van der Waals surface area (Å²) in [7, 11) is 0. The highest BCUT2D eigenvalue weighted by molar-refractivity contribution is 7.15. The molecular weight excluding hydrogens is 316 g/mol. The van der Waals surface area contributed by atoms with Crippen LogP contribution in [0.15, 0.2) is 21.6 Å². The minimum atomic E-state index is -0.0184. The van der Waals surface area contributed by atoms with Crippen molar-refractivity contribution >= 4 is 27.6 Å². The van der Waals surface area contributed by atoms with Crippen molar-refractivity contribution in [1.29, 1.82) is 0 Å². The lowest BCUT2D eigenvalue weighted by Gasteiger charge is -2.11. The number of nitrogens with zero attached hydrogens (tertiary/aromatic N) is 3. The van der Waals surface area contributed by atoms with Crippen LogP contribution in [-0.4, -0.2) is 14.4 Å². The number of hydrogen-bond donors (Lipinski definition) is 1. The third kappa shape index (κ3) is 2.97. The van der Waals surface area contributed by atoms with Gasteiger partial charge in [0.15, 0.2) is 4.96 Å². The van der Waals surface area contributed by atoms with Crippen molar-refractivity contribution in [1.82, 2.24) is 19.7 Å². The number of aromatic nitrogens is 3. The molecule has 3 rings (SSSR count). The largest absolute Gasteiger partial charge is 0.303 e. The van der Waals surface area contributed by atoms with Gasteiger partial charge in [0.25, 0.3) is 5.56 Å². The highest BCUT2D eigenvalue weighted by atomic mass is 32.1. The topological polar surface area (TPSA) is 59.3 Å². The van der Waals surface area contributed by atoms with Crippen LogP contribution in [0.2, 0.25) is 0 Å². The van der Waals surface area contributed by atoms with Crippen LogP contribution >= 0.6 is 22.7 Å². The summed E-state index contributed by atoms with van der Waals surface area (Å²) in [5.74, 6) is 0. The first kappa shape index (κ1) is 15.3. The molecule has 0 saturated heterocycles. The maximum atomic E-state index is 12.1. The van der Waals surface area contributed by atoms with E-state index in [9.17, 15) is 4.79 Å². The van der Waals surface area contributed by atoms with Gasteiger partial charge in [-0.25, -0.2) is 9.97 Å². The molecule has 0 radical (unpaired) electrons. The van der Waals surface area contributed by atoms with Crippen molar-refractivity contribution in [2.45, 2.75) is 39.8 Å². The van der Waals surface area contributed by atoms with Gasteiger partial charge in [-0.15, -0.1) is 22.7 Å². The fourth-order valence-electron chi connectivity index (χ4n) is 2.24. The average molecular weight is 334 g/mol. The first-order chi connectivity index (χ1) is 10.6. The first-order valence-electron chi connectivity index (χ1n) is 7.23. The summed E-state index contributed by atoms with van der Waals surface area (Å²) in [5.41, 5.74) is 2.73. The highest BCUT2D eigenvalue weighted by Crippen LogP contribution is 2.17. The molecule has 5 nitrogen and oxygen atoms in total. The van der Waals surface area contributed by atoms with Crippen molar-refractivity contribution in [2.24, 2.45) is 0 Å². The lowest BCUT2D eigenvalue weighted by molar-refractivity contribution is 0.556. The molecule has 1 N–H and O–H groups in total. The fourth-order valence-corrected chi connectivity index (χ4v) is 3.97. The van der Waals surface area contributed by atoms with Crippen LogP contribution in [0.1, 0.15) is 42.0 Å². The van der Waals surface area contributed by atoms with Crippen LogP contribution in [0.4, 0.5) is 0 Å². The van der Waals surface area contributed by atoms with E-state index in [1.807, 2.05) is 12.3 Å². The Kier molecular flexibility index (Phi) is 4.37. The van der Waals surface area contributed by atoms with Gasteiger partial charge < -0.3 is 5.32 Å². The van der Waals surface area contributed by atoms with Crippen LogP contribution in [0.25, 0.3) is 4.96 Å². The van der Waals surface area contributed by atoms with E-state index in [4.69, 9.17) is 0 Å². The Bertz CT molecular complexity index is 849. The highest BCUT2D eigenvalue weighted by Gasteiger charge is 2.11. The molecule has 116 valence electrons. The van der Waals surface area contributed by atoms with Crippen molar-refractivity contribution < 1.29 is 0 Å². The van der Waals surface area contributed by atoms with E-state index < -0.39 is 0 Å². The molecule has 0 saturated carbocycles. The Balaban J connectivity index is 1.74. The number of thiazole rings is 2. The zero-order valence-electron chi connectivity index (χ0n) is 12.8. The van der Waals surface area contributed by atoms with E-state index in [1.54, 1.807) is 21.8 Å². The summed E-state index contributed by atoms with van der Waals surface area (Å²) >= 11 is 3.18. The van der Waals surface area contributed by atoms with E-state index in [0.29, 0.717) is 6.54 Å². The lowest BCUT2D eigenvalue weighted by atomic mass is 10.2.